The molecule has 1 N–H and O–H groups in total. The fraction of sp³-hybridized carbons (Fsp3) is 0.500. The highest BCUT2D eigenvalue weighted by atomic mass is 16.2. The first-order valence-corrected chi connectivity index (χ1v) is 10.0. The lowest BCUT2D eigenvalue weighted by molar-refractivity contribution is -0.138. The van der Waals surface area contributed by atoms with Gasteiger partial charge in [-0.2, -0.15) is 0 Å². The van der Waals surface area contributed by atoms with Crippen molar-refractivity contribution in [2.24, 2.45) is 0 Å². The Morgan fingerprint density at radius 2 is 1.93 bits per heavy atom. The molecule has 5 nitrogen and oxygen atoms in total. The van der Waals surface area contributed by atoms with Crippen LogP contribution in [0.1, 0.15) is 61.5 Å². The van der Waals surface area contributed by atoms with Crippen molar-refractivity contribution in [2.75, 3.05) is 13.1 Å². The number of amides is 1. The monoisotopic (exact) mass is 365 g/mol. The fourth-order valence-corrected chi connectivity index (χ4v) is 4.88. The van der Waals surface area contributed by atoms with E-state index < -0.39 is 0 Å². The van der Waals surface area contributed by atoms with E-state index in [0.717, 1.165) is 56.3 Å². The Balaban J connectivity index is 1.60. The molecule has 0 radical (unpaired) electrons. The van der Waals surface area contributed by atoms with Crippen LogP contribution in [0.4, 0.5) is 0 Å². The Morgan fingerprint density at radius 1 is 1.19 bits per heavy atom. The molecule has 1 unspecified atom stereocenters. The van der Waals surface area contributed by atoms with Gasteiger partial charge in [0.05, 0.1) is 11.1 Å². The van der Waals surface area contributed by atoms with Gasteiger partial charge in [0, 0.05) is 25.1 Å². The van der Waals surface area contributed by atoms with Crippen molar-refractivity contribution in [1.29, 1.82) is 0 Å². The molecule has 1 amide bonds. The Bertz CT molecular complexity index is 869. The van der Waals surface area contributed by atoms with Gasteiger partial charge < -0.3 is 9.88 Å². The molecule has 1 aliphatic heterocycles. The van der Waals surface area contributed by atoms with Crippen molar-refractivity contribution in [3.05, 3.63) is 63.8 Å². The number of nitrogens with zero attached hydrogens (tertiary/aromatic N) is 2. The van der Waals surface area contributed by atoms with Crippen LogP contribution in [0.3, 0.4) is 0 Å². The summed E-state index contributed by atoms with van der Waals surface area (Å²) in [4.78, 5) is 34.8. The van der Waals surface area contributed by atoms with Crippen molar-refractivity contribution in [2.45, 2.75) is 56.8 Å². The maximum absolute atomic E-state index is 13.7. The van der Waals surface area contributed by atoms with Crippen LogP contribution in [0, 0.1) is 6.92 Å². The summed E-state index contributed by atoms with van der Waals surface area (Å²) in [6.45, 7) is 3.26. The SMILES string of the molecule is Cc1nc(C2CCCN(C(=O)C3(c4ccccc4)CCCC3)C2)cc(=O)[nH]1. The average molecular weight is 365 g/mol. The molecule has 2 heterocycles. The summed E-state index contributed by atoms with van der Waals surface area (Å²) in [6, 6.07) is 11.9. The Labute approximate surface area is 159 Å². The number of rotatable bonds is 3. The van der Waals surface area contributed by atoms with Crippen LogP contribution in [-0.2, 0) is 10.2 Å². The Morgan fingerprint density at radius 3 is 2.63 bits per heavy atom. The summed E-state index contributed by atoms with van der Waals surface area (Å²) in [7, 11) is 0. The quantitative estimate of drug-likeness (QED) is 0.908. The van der Waals surface area contributed by atoms with Crippen molar-refractivity contribution in [1.82, 2.24) is 14.9 Å². The van der Waals surface area contributed by atoms with E-state index in [9.17, 15) is 9.59 Å². The van der Waals surface area contributed by atoms with Gasteiger partial charge in [0.25, 0.3) is 5.56 Å². The number of likely N-dealkylation sites (tertiary alicyclic amines) is 1. The standard InChI is InChI=1S/C22H27N3O2/c1-16-23-19(14-20(26)24-16)17-8-7-13-25(15-17)21(27)22(11-5-6-12-22)18-9-3-2-4-10-18/h2-4,9-10,14,17H,5-8,11-13,15H2,1H3,(H,23,24,26). The second-order valence-corrected chi connectivity index (χ2v) is 8.00. The van der Waals surface area contributed by atoms with E-state index >= 15 is 0 Å². The molecule has 1 aromatic heterocycles. The van der Waals surface area contributed by atoms with E-state index in [2.05, 4.69) is 22.1 Å². The highest BCUT2D eigenvalue weighted by molar-refractivity contribution is 5.88. The van der Waals surface area contributed by atoms with Gasteiger partial charge in [-0.3, -0.25) is 9.59 Å². The van der Waals surface area contributed by atoms with Gasteiger partial charge in [-0.1, -0.05) is 43.2 Å². The van der Waals surface area contributed by atoms with Gasteiger partial charge in [-0.05, 0) is 38.2 Å². The van der Waals surface area contributed by atoms with Crippen LogP contribution in [0.25, 0.3) is 0 Å². The van der Waals surface area contributed by atoms with Gasteiger partial charge in [-0.15, -0.1) is 0 Å². The van der Waals surface area contributed by atoms with Crippen LogP contribution < -0.4 is 5.56 Å². The molecular formula is C22H27N3O2. The molecular weight excluding hydrogens is 338 g/mol. The van der Waals surface area contributed by atoms with Gasteiger partial charge in [-0.25, -0.2) is 4.98 Å². The molecule has 1 aliphatic carbocycles. The summed E-state index contributed by atoms with van der Waals surface area (Å²) in [5.41, 5.74) is 1.48. The first kappa shape index (κ1) is 18.0. The number of aromatic amines is 1. The topological polar surface area (TPSA) is 66.1 Å². The summed E-state index contributed by atoms with van der Waals surface area (Å²) in [5, 5.41) is 0. The van der Waals surface area contributed by atoms with Crippen molar-refractivity contribution in [3.63, 3.8) is 0 Å². The molecule has 142 valence electrons. The number of hydrogen-bond acceptors (Lipinski definition) is 3. The van der Waals surface area contributed by atoms with Gasteiger partial charge in [0.2, 0.25) is 5.91 Å². The van der Waals surface area contributed by atoms with Gasteiger partial charge in [0.1, 0.15) is 5.82 Å². The molecule has 0 bridgehead atoms. The van der Waals surface area contributed by atoms with Crippen LogP contribution >= 0.6 is 0 Å². The number of aryl methyl sites for hydroxylation is 1. The van der Waals surface area contributed by atoms with Crippen molar-refractivity contribution >= 4 is 5.91 Å². The molecule has 0 spiro atoms. The minimum Gasteiger partial charge on any atom is -0.341 e. The van der Waals surface area contributed by atoms with Crippen LogP contribution in [-0.4, -0.2) is 33.9 Å². The van der Waals surface area contributed by atoms with E-state index in [1.165, 1.54) is 0 Å². The van der Waals surface area contributed by atoms with Gasteiger partial charge in [0.15, 0.2) is 0 Å². The molecule has 1 atom stereocenters. The molecule has 2 aliphatic rings. The van der Waals surface area contributed by atoms with E-state index in [1.807, 2.05) is 23.1 Å². The number of nitrogens with one attached hydrogen (secondary N) is 1. The summed E-state index contributed by atoms with van der Waals surface area (Å²) >= 11 is 0. The summed E-state index contributed by atoms with van der Waals surface area (Å²) in [6.07, 6.45) is 5.99. The second kappa shape index (κ2) is 7.29. The molecule has 4 rings (SSSR count). The lowest BCUT2D eigenvalue weighted by Gasteiger charge is -2.39. The number of H-pyrrole nitrogens is 1. The third-order valence-corrected chi connectivity index (χ3v) is 6.20. The lowest BCUT2D eigenvalue weighted by Crippen LogP contribution is -2.49. The molecule has 1 saturated heterocycles. The number of benzene rings is 1. The van der Waals surface area contributed by atoms with E-state index in [4.69, 9.17) is 0 Å². The van der Waals surface area contributed by atoms with Crippen LogP contribution in [0.5, 0.6) is 0 Å². The van der Waals surface area contributed by atoms with Crippen LogP contribution in [0.15, 0.2) is 41.2 Å². The zero-order chi connectivity index (χ0) is 18.9. The minimum absolute atomic E-state index is 0.113. The van der Waals surface area contributed by atoms with Crippen molar-refractivity contribution < 1.29 is 4.79 Å². The Kier molecular flexibility index (Phi) is 4.85. The normalized spacial score (nSPS) is 22.0. The molecule has 2 fully saturated rings. The third-order valence-electron chi connectivity index (χ3n) is 6.20. The average Bonchev–Trinajstić information content (AvgIpc) is 3.18. The third kappa shape index (κ3) is 3.43. The van der Waals surface area contributed by atoms with E-state index in [-0.39, 0.29) is 22.8 Å². The molecule has 1 saturated carbocycles. The number of piperidine rings is 1. The zero-order valence-corrected chi connectivity index (χ0v) is 15.9. The highest BCUT2D eigenvalue weighted by Crippen LogP contribution is 2.43. The molecule has 1 aromatic carbocycles. The lowest BCUT2D eigenvalue weighted by atomic mass is 9.77. The molecule has 2 aromatic rings. The molecule has 5 heteroatoms. The number of carbonyl (C=O) groups excluding carboxylic acids is 1. The number of aromatic nitrogens is 2. The number of hydrogen-bond donors (Lipinski definition) is 1. The fourth-order valence-electron chi connectivity index (χ4n) is 4.88. The van der Waals surface area contributed by atoms with Gasteiger partial charge >= 0.3 is 0 Å². The highest BCUT2D eigenvalue weighted by Gasteiger charge is 2.45. The Hall–Kier alpha value is -2.43. The largest absolute Gasteiger partial charge is 0.341 e. The first-order valence-electron chi connectivity index (χ1n) is 10.0. The smallest absolute Gasteiger partial charge is 0.251 e. The molecule has 27 heavy (non-hydrogen) atoms. The van der Waals surface area contributed by atoms with Crippen LogP contribution in [0.2, 0.25) is 0 Å². The summed E-state index contributed by atoms with van der Waals surface area (Å²) in [5.74, 6) is 1.04. The predicted octanol–water partition coefficient (Wildman–Crippen LogP) is 3.30. The van der Waals surface area contributed by atoms with Crippen molar-refractivity contribution in [3.8, 4) is 0 Å². The van der Waals surface area contributed by atoms with E-state index in [0.29, 0.717) is 12.4 Å². The minimum atomic E-state index is -0.374. The first-order chi connectivity index (χ1) is 13.1. The summed E-state index contributed by atoms with van der Waals surface area (Å²) < 4.78 is 0. The van der Waals surface area contributed by atoms with E-state index in [1.54, 1.807) is 13.0 Å². The maximum Gasteiger partial charge on any atom is 0.251 e. The second-order valence-electron chi connectivity index (χ2n) is 8.00. The maximum atomic E-state index is 13.7. The predicted molar refractivity (Wildman–Crippen MR) is 105 cm³/mol. The zero-order valence-electron chi connectivity index (χ0n) is 15.9. The number of carbonyl (C=O) groups is 1.